The summed E-state index contributed by atoms with van der Waals surface area (Å²) in [4.78, 5) is 28.0. The van der Waals surface area contributed by atoms with E-state index in [1.165, 1.54) is 23.0 Å². The van der Waals surface area contributed by atoms with E-state index < -0.39 is 11.7 Å². The van der Waals surface area contributed by atoms with E-state index in [0.29, 0.717) is 30.4 Å². The molecule has 2 aromatic rings. The van der Waals surface area contributed by atoms with E-state index in [1.54, 1.807) is 26.8 Å². The molecule has 0 aliphatic heterocycles. The smallest absolute Gasteiger partial charge is 0.407 e. The third-order valence-corrected chi connectivity index (χ3v) is 3.05. The molecule has 0 aliphatic rings. The Hall–Kier alpha value is -2.57. The summed E-state index contributed by atoms with van der Waals surface area (Å²) < 4.78 is 6.58. The topological polar surface area (TPSA) is 93.4 Å². The van der Waals surface area contributed by atoms with Crippen molar-refractivity contribution < 1.29 is 14.6 Å². The SMILES string of the molecule is CC(C)(C)OC(=O)NCCCn1cnc2ccc(O)cc2c1=O. The van der Waals surface area contributed by atoms with Crippen molar-refractivity contribution in [2.75, 3.05) is 6.54 Å². The Labute approximate surface area is 133 Å². The van der Waals surface area contributed by atoms with E-state index in [0.717, 1.165) is 0 Å². The summed E-state index contributed by atoms with van der Waals surface area (Å²) in [5.74, 6) is 0.0285. The molecule has 0 saturated heterocycles. The van der Waals surface area contributed by atoms with Gasteiger partial charge in [0.15, 0.2) is 0 Å². The Morgan fingerprint density at radius 3 is 2.83 bits per heavy atom. The molecule has 1 aromatic heterocycles. The van der Waals surface area contributed by atoms with Crippen LogP contribution in [0.4, 0.5) is 4.79 Å². The van der Waals surface area contributed by atoms with Gasteiger partial charge in [0.1, 0.15) is 11.4 Å². The number of hydrogen-bond acceptors (Lipinski definition) is 5. The lowest BCUT2D eigenvalue weighted by molar-refractivity contribution is 0.0526. The van der Waals surface area contributed by atoms with Gasteiger partial charge in [0, 0.05) is 13.1 Å². The molecule has 7 heteroatoms. The average molecular weight is 319 g/mol. The number of benzene rings is 1. The minimum Gasteiger partial charge on any atom is -0.508 e. The number of amides is 1. The molecule has 0 atom stereocenters. The first-order valence-electron chi connectivity index (χ1n) is 7.41. The number of aryl methyl sites for hydroxylation is 1. The Kier molecular flexibility index (Phi) is 4.88. The predicted octanol–water partition coefficient (Wildman–Crippen LogP) is 2.02. The Morgan fingerprint density at radius 1 is 1.39 bits per heavy atom. The highest BCUT2D eigenvalue weighted by Crippen LogP contribution is 2.14. The van der Waals surface area contributed by atoms with E-state index >= 15 is 0 Å². The van der Waals surface area contributed by atoms with Crippen LogP contribution in [0.15, 0.2) is 29.3 Å². The van der Waals surface area contributed by atoms with Crippen LogP contribution >= 0.6 is 0 Å². The molecule has 0 unspecified atom stereocenters. The molecule has 2 rings (SSSR count). The minimum atomic E-state index is -0.536. The Bertz CT molecular complexity index is 762. The van der Waals surface area contributed by atoms with Gasteiger partial charge >= 0.3 is 6.09 Å². The number of carbonyl (C=O) groups excluding carboxylic acids is 1. The standard InChI is InChI=1S/C16H21N3O4/c1-16(2,3)23-15(22)17-7-4-8-19-10-18-13-6-5-11(20)9-12(13)14(19)21/h5-6,9-10,20H,4,7-8H2,1-3H3,(H,17,22). The van der Waals surface area contributed by atoms with Gasteiger partial charge in [-0.15, -0.1) is 0 Å². The van der Waals surface area contributed by atoms with E-state index in [9.17, 15) is 14.7 Å². The molecule has 0 bridgehead atoms. The summed E-state index contributed by atoms with van der Waals surface area (Å²) in [6.07, 6.45) is 1.55. The number of nitrogens with one attached hydrogen (secondary N) is 1. The second kappa shape index (κ2) is 6.68. The molecule has 0 aliphatic carbocycles. The van der Waals surface area contributed by atoms with Crippen LogP contribution < -0.4 is 10.9 Å². The zero-order chi connectivity index (χ0) is 17.0. The fourth-order valence-corrected chi connectivity index (χ4v) is 2.06. The molecule has 0 spiro atoms. The van der Waals surface area contributed by atoms with Crippen molar-refractivity contribution in [2.24, 2.45) is 0 Å². The first-order chi connectivity index (χ1) is 10.8. The lowest BCUT2D eigenvalue weighted by Gasteiger charge is -2.19. The maximum atomic E-state index is 12.3. The number of fused-ring (bicyclic) bond motifs is 1. The Balaban J connectivity index is 1.94. The second-order valence-corrected chi connectivity index (χ2v) is 6.23. The highest BCUT2D eigenvalue weighted by atomic mass is 16.6. The summed E-state index contributed by atoms with van der Waals surface area (Å²) >= 11 is 0. The molecule has 0 saturated carbocycles. The number of ether oxygens (including phenoxy) is 1. The maximum absolute atomic E-state index is 12.3. The fourth-order valence-electron chi connectivity index (χ4n) is 2.06. The predicted molar refractivity (Wildman–Crippen MR) is 86.5 cm³/mol. The van der Waals surface area contributed by atoms with Gasteiger partial charge in [0.05, 0.1) is 17.2 Å². The summed E-state index contributed by atoms with van der Waals surface area (Å²) in [7, 11) is 0. The number of aromatic nitrogens is 2. The van der Waals surface area contributed by atoms with Crippen molar-refractivity contribution in [3.63, 3.8) is 0 Å². The Morgan fingerprint density at radius 2 is 2.13 bits per heavy atom. The van der Waals surface area contributed by atoms with Gasteiger partial charge in [-0.2, -0.15) is 0 Å². The molecule has 23 heavy (non-hydrogen) atoms. The largest absolute Gasteiger partial charge is 0.508 e. The number of aromatic hydroxyl groups is 1. The number of hydrogen-bond donors (Lipinski definition) is 2. The molecule has 2 N–H and O–H groups in total. The van der Waals surface area contributed by atoms with E-state index in [-0.39, 0.29) is 11.3 Å². The fraction of sp³-hybridized carbons (Fsp3) is 0.438. The average Bonchev–Trinajstić information content (AvgIpc) is 2.44. The molecule has 124 valence electrons. The van der Waals surface area contributed by atoms with Crippen molar-refractivity contribution in [2.45, 2.75) is 39.3 Å². The van der Waals surface area contributed by atoms with Gasteiger partial charge in [-0.1, -0.05) is 0 Å². The molecule has 1 amide bonds. The molecule has 7 nitrogen and oxygen atoms in total. The van der Waals surface area contributed by atoms with Crippen LogP contribution in [-0.2, 0) is 11.3 Å². The van der Waals surface area contributed by atoms with E-state index in [4.69, 9.17) is 4.74 Å². The molecular weight excluding hydrogens is 298 g/mol. The van der Waals surface area contributed by atoms with Crippen LogP contribution in [0.25, 0.3) is 10.9 Å². The molecule has 1 aromatic carbocycles. The summed E-state index contributed by atoms with van der Waals surface area (Å²) in [5, 5.41) is 12.5. The van der Waals surface area contributed by atoms with Gasteiger partial charge in [-0.25, -0.2) is 9.78 Å². The highest BCUT2D eigenvalue weighted by molar-refractivity contribution is 5.78. The highest BCUT2D eigenvalue weighted by Gasteiger charge is 2.15. The number of phenolic OH excluding ortho intramolecular Hbond substituents is 1. The number of rotatable bonds is 4. The number of alkyl carbamates (subject to hydrolysis) is 1. The first kappa shape index (κ1) is 16.8. The third-order valence-electron chi connectivity index (χ3n) is 3.05. The summed E-state index contributed by atoms with van der Waals surface area (Å²) in [6, 6.07) is 4.49. The van der Waals surface area contributed by atoms with E-state index in [1.807, 2.05) is 0 Å². The number of phenols is 1. The van der Waals surface area contributed by atoms with Gasteiger partial charge in [0.2, 0.25) is 0 Å². The zero-order valence-electron chi connectivity index (χ0n) is 13.5. The number of carbonyl (C=O) groups is 1. The van der Waals surface area contributed by atoms with Crippen LogP contribution in [-0.4, -0.2) is 32.9 Å². The minimum absolute atomic E-state index is 0.0285. The van der Waals surface area contributed by atoms with Crippen LogP contribution in [0, 0.1) is 0 Å². The van der Waals surface area contributed by atoms with E-state index in [2.05, 4.69) is 10.3 Å². The zero-order valence-corrected chi connectivity index (χ0v) is 13.5. The van der Waals surface area contributed by atoms with Crippen molar-refractivity contribution in [3.05, 3.63) is 34.9 Å². The maximum Gasteiger partial charge on any atom is 0.407 e. The molecule has 1 heterocycles. The van der Waals surface area contributed by atoms with Gasteiger partial charge in [-0.05, 0) is 45.4 Å². The second-order valence-electron chi connectivity index (χ2n) is 6.23. The van der Waals surface area contributed by atoms with Crippen LogP contribution in [0.5, 0.6) is 5.75 Å². The molecule has 0 fully saturated rings. The van der Waals surface area contributed by atoms with Crippen LogP contribution in [0.3, 0.4) is 0 Å². The normalized spacial score (nSPS) is 11.4. The van der Waals surface area contributed by atoms with Gasteiger partial charge in [-0.3, -0.25) is 9.36 Å². The number of nitrogens with zero attached hydrogens (tertiary/aromatic N) is 2. The molecular formula is C16H21N3O4. The quantitative estimate of drug-likeness (QED) is 0.841. The van der Waals surface area contributed by atoms with Crippen molar-refractivity contribution in [1.29, 1.82) is 0 Å². The molecule has 0 radical (unpaired) electrons. The van der Waals surface area contributed by atoms with Crippen molar-refractivity contribution >= 4 is 17.0 Å². The van der Waals surface area contributed by atoms with Crippen LogP contribution in [0.1, 0.15) is 27.2 Å². The van der Waals surface area contributed by atoms with Crippen molar-refractivity contribution in [1.82, 2.24) is 14.9 Å². The first-order valence-corrected chi connectivity index (χ1v) is 7.41. The van der Waals surface area contributed by atoms with Gasteiger partial charge < -0.3 is 15.2 Å². The lowest BCUT2D eigenvalue weighted by atomic mass is 10.2. The monoisotopic (exact) mass is 319 g/mol. The summed E-state index contributed by atoms with van der Waals surface area (Å²) in [5.41, 5.74) is -0.218. The van der Waals surface area contributed by atoms with Crippen LogP contribution in [0.2, 0.25) is 0 Å². The third kappa shape index (κ3) is 4.70. The summed E-state index contributed by atoms with van der Waals surface area (Å²) in [6.45, 7) is 6.18. The van der Waals surface area contributed by atoms with Gasteiger partial charge in [0.25, 0.3) is 5.56 Å². The van der Waals surface area contributed by atoms with Crippen molar-refractivity contribution in [3.8, 4) is 5.75 Å². The lowest BCUT2D eigenvalue weighted by Crippen LogP contribution is -2.33.